The number of aliphatic hydroxyl groups excluding tert-OH is 1. The monoisotopic (exact) mass is 295 g/mol. The Morgan fingerprint density at radius 1 is 1.43 bits per heavy atom. The predicted molar refractivity (Wildman–Crippen MR) is 80.2 cm³/mol. The lowest BCUT2D eigenvalue weighted by atomic mass is 9.86. The van der Waals surface area contributed by atoms with Crippen molar-refractivity contribution in [2.45, 2.75) is 52.0 Å². The molecule has 0 bridgehead atoms. The van der Waals surface area contributed by atoms with E-state index in [2.05, 4.69) is 10.5 Å². The second kappa shape index (κ2) is 6.93. The first kappa shape index (κ1) is 15.8. The lowest BCUT2D eigenvalue weighted by Crippen LogP contribution is -2.42. The standard InChI is InChI=1S/C15H25N3O3/c1-4-13-14(10(2)17-21-13)16-15(20)18(3)12-7-5-11(9-19)6-8-12/h11-12,19H,4-9H2,1-3H3,(H,16,20). The van der Waals surface area contributed by atoms with E-state index in [1.807, 2.05) is 20.9 Å². The zero-order chi connectivity index (χ0) is 15.4. The molecule has 2 N–H and O–H groups in total. The van der Waals surface area contributed by atoms with Crippen molar-refractivity contribution in [3.8, 4) is 0 Å². The van der Waals surface area contributed by atoms with Gasteiger partial charge in [-0.3, -0.25) is 0 Å². The molecule has 1 saturated carbocycles. The van der Waals surface area contributed by atoms with E-state index in [4.69, 9.17) is 4.52 Å². The molecule has 1 aliphatic rings. The molecule has 0 aromatic carbocycles. The number of urea groups is 1. The molecule has 2 amide bonds. The van der Waals surface area contributed by atoms with Crippen LogP contribution < -0.4 is 5.32 Å². The summed E-state index contributed by atoms with van der Waals surface area (Å²) in [6.45, 7) is 4.04. The Hall–Kier alpha value is -1.56. The van der Waals surface area contributed by atoms with Gasteiger partial charge in [-0.15, -0.1) is 0 Å². The molecule has 0 saturated heterocycles. The van der Waals surface area contributed by atoms with Crippen LogP contribution in [-0.4, -0.2) is 40.9 Å². The van der Waals surface area contributed by atoms with Crippen LogP contribution in [0.4, 0.5) is 10.5 Å². The molecule has 0 spiro atoms. The van der Waals surface area contributed by atoms with E-state index in [9.17, 15) is 9.90 Å². The Kier molecular flexibility index (Phi) is 5.22. The molecule has 0 atom stereocenters. The van der Waals surface area contributed by atoms with Gasteiger partial charge in [0.15, 0.2) is 5.76 Å². The highest BCUT2D eigenvalue weighted by molar-refractivity contribution is 5.90. The van der Waals surface area contributed by atoms with Crippen LogP contribution >= 0.6 is 0 Å². The fourth-order valence-electron chi connectivity index (χ4n) is 2.89. The average Bonchev–Trinajstić information content (AvgIpc) is 2.87. The number of nitrogens with zero attached hydrogens (tertiary/aromatic N) is 2. The second-order valence-corrected chi connectivity index (χ2v) is 5.82. The average molecular weight is 295 g/mol. The number of aryl methyl sites for hydroxylation is 2. The quantitative estimate of drug-likeness (QED) is 0.894. The van der Waals surface area contributed by atoms with Crippen molar-refractivity contribution < 1.29 is 14.4 Å². The van der Waals surface area contributed by atoms with Crippen LogP contribution in [0.25, 0.3) is 0 Å². The fourth-order valence-corrected chi connectivity index (χ4v) is 2.89. The van der Waals surface area contributed by atoms with Gasteiger partial charge in [0, 0.05) is 26.1 Å². The maximum atomic E-state index is 12.4. The van der Waals surface area contributed by atoms with Gasteiger partial charge in [0.25, 0.3) is 0 Å². The molecule has 2 rings (SSSR count). The summed E-state index contributed by atoms with van der Waals surface area (Å²) in [7, 11) is 1.83. The topological polar surface area (TPSA) is 78.6 Å². The summed E-state index contributed by atoms with van der Waals surface area (Å²) in [5, 5.41) is 16.0. The van der Waals surface area contributed by atoms with Gasteiger partial charge in [-0.25, -0.2) is 4.79 Å². The first-order chi connectivity index (χ1) is 10.1. The number of amides is 2. The van der Waals surface area contributed by atoms with Crippen molar-refractivity contribution >= 4 is 11.7 Å². The number of anilines is 1. The van der Waals surface area contributed by atoms with E-state index in [1.54, 1.807) is 4.90 Å². The molecule has 0 unspecified atom stereocenters. The van der Waals surface area contributed by atoms with E-state index in [1.165, 1.54) is 0 Å². The summed E-state index contributed by atoms with van der Waals surface area (Å²) in [4.78, 5) is 14.1. The van der Waals surface area contributed by atoms with Crippen LogP contribution in [0.15, 0.2) is 4.52 Å². The van der Waals surface area contributed by atoms with Crippen LogP contribution in [0.2, 0.25) is 0 Å². The molecule has 6 heteroatoms. The number of carbonyl (C=O) groups is 1. The predicted octanol–water partition coefficient (Wildman–Crippen LogP) is 2.56. The molecular formula is C15H25N3O3. The van der Waals surface area contributed by atoms with Gasteiger partial charge in [0.05, 0.1) is 0 Å². The summed E-state index contributed by atoms with van der Waals surface area (Å²) in [5.74, 6) is 1.10. The van der Waals surface area contributed by atoms with Crippen molar-refractivity contribution in [2.75, 3.05) is 19.0 Å². The van der Waals surface area contributed by atoms with E-state index in [-0.39, 0.29) is 18.7 Å². The molecule has 1 aliphatic carbocycles. The number of carbonyl (C=O) groups excluding carboxylic acids is 1. The highest BCUT2D eigenvalue weighted by atomic mass is 16.5. The maximum absolute atomic E-state index is 12.4. The Bertz CT molecular complexity index is 479. The minimum absolute atomic E-state index is 0.122. The van der Waals surface area contributed by atoms with Crippen LogP contribution in [0, 0.1) is 12.8 Å². The number of aliphatic hydroxyl groups is 1. The first-order valence-corrected chi connectivity index (χ1v) is 7.66. The van der Waals surface area contributed by atoms with Crippen molar-refractivity contribution in [1.29, 1.82) is 0 Å². The fraction of sp³-hybridized carbons (Fsp3) is 0.733. The third kappa shape index (κ3) is 3.56. The summed E-state index contributed by atoms with van der Waals surface area (Å²) >= 11 is 0. The largest absolute Gasteiger partial charge is 0.396 e. The highest BCUT2D eigenvalue weighted by Gasteiger charge is 2.27. The zero-order valence-corrected chi connectivity index (χ0v) is 13.1. The van der Waals surface area contributed by atoms with Crippen LogP contribution in [0.1, 0.15) is 44.1 Å². The Balaban J connectivity index is 1.95. The van der Waals surface area contributed by atoms with Gasteiger partial charge in [-0.2, -0.15) is 0 Å². The summed E-state index contributed by atoms with van der Waals surface area (Å²) in [6.07, 6.45) is 4.54. The molecule has 1 fully saturated rings. The third-order valence-corrected chi connectivity index (χ3v) is 4.43. The Morgan fingerprint density at radius 3 is 2.67 bits per heavy atom. The molecule has 21 heavy (non-hydrogen) atoms. The third-order valence-electron chi connectivity index (χ3n) is 4.43. The molecule has 6 nitrogen and oxygen atoms in total. The molecule has 118 valence electrons. The zero-order valence-electron chi connectivity index (χ0n) is 13.1. The SMILES string of the molecule is CCc1onc(C)c1NC(=O)N(C)C1CCC(CO)CC1. The van der Waals surface area contributed by atoms with Crippen molar-refractivity contribution in [3.63, 3.8) is 0 Å². The lowest BCUT2D eigenvalue weighted by molar-refractivity contribution is 0.139. The highest BCUT2D eigenvalue weighted by Crippen LogP contribution is 2.27. The number of hydrogen-bond acceptors (Lipinski definition) is 4. The van der Waals surface area contributed by atoms with Gasteiger partial charge in [0.1, 0.15) is 11.4 Å². The molecule has 1 aromatic heterocycles. The number of nitrogens with one attached hydrogen (secondary N) is 1. The van der Waals surface area contributed by atoms with Gasteiger partial charge in [-0.1, -0.05) is 12.1 Å². The summed E-state index contributed by atoms with van der Waals surface area (Å²) in [5.41, 5.74) is 1.40. The minimum Gasteiger partial charge on any atom is -0.396 e. The molecule has 0 aliphatic heterocycles. The molecule has 0 radical (unpaired) electrons. The molecular weight excluding hydrogens is 270 g/mol. The van der Waals surface area contributed by atoms with Crippen molar-refractivity contribution in [2.24, 2.45) is 5.92 Å². The molecule has 1 heterocycles. The van der Waals surface area contributed by atoms with Gasteiger partial charge >= 0.3 is 6.03 Å². The van der Waals surface area contributed by atoms with Crippen LogP contribution in [-0.2, 0) is 6.42 Å². The van der Waals surface area contributed by atoms with E-state index in [0.29, 0.717) is 29.5 Å². The van der Waals surface area contributed by atoms with E-state index < -0.39 is 0 Å². The summed E-state index contributed by atoms with van der Waals surface area (Å²) < 4.78 is 5.19. The van der Waals surface area contributed by atoms with Crippen molar-refractivity contribution in [1.82, 2.24) is 10.1 Å². The van der Waals surface area contributed by atoms with E-state index in [0.717, 1.165) is 25.7 Å². The van der Waals surface area contributed by atoms with Gasteiger partial charge in [0.2, 0.25) is 0 Å². The number of rotatable bonds is 4. The smallest absolute Gasteiger partial charge is 0.321 e. The number of aromatic nitrogens is 1. The molecule has 1 aromatic rings. The second-order valence-electron chi connectivity index (χ2n) is 5.82. The Labute approximate surface area is 125 Å². The van der Waals surface area contributed by atoms with Gasteiger partial charge < -0.3 is 19.8 Å². The van der Waals surface area contributed by atoms with Gasteiger partial charge in [-0.05, 0) is 38.5 Å². The maximum Gasteiger partial charge on any atom is 0.321 e. The van der Waals surface area contributed by atoms with E-state index >= 15 is 0 Å². The minimum atomic E-state index is -0.122. The first-order valence-electron chi connectivity index (χ1n) is 7.66. The summed E-state index contributed by atoms with van der Waals surface area (Å²) in [6, 6.07) is 0.112. The van der Waals surface area contributed by atoms with Crippen molar-refractivity contribution in [3.05, 3.63) is 11.5 Å². The lowest BCUT2D eigenvalue weighted by Gasteiger charge is -2.34. The Morgan fingerprint density at radius 2 is 2.10 bits per heavy atom. The number of hydrogen-bond donors (Lipinski definition) is 2. The van der Waals surface area contributed by atoms with Crippen LogP contribution in [0.3, 0.4) is 0 Å². The van der Waals surface area contributed by atoms with Crippen LogP contribution in [0.5, 0.6) is 0 Å². The normalized spacial score (nSPS) is 22.1.